The summed E-state index contributed by atoms with van der Waals surface area (Å²) in [7, 11) is 0. The van der Waals surface area contributed by atoms with Gasteiger partial charge in [-0.15, -0.1) is 0 Å². The van der Waals surface area contributed by atoms with Crippen LogP contribution < -0.4 is 5.32 Å². The molecule has 6 aromatic rings. The Balaban J connectivity index is 1.60. The lowest BCUT2D eigenvalue weighted by atomic mass is 9.74. The number of hydrogen-bond acceptors (Lipinski definition) is 8. The number of nitro benzene ring substituents is 1. The summed E-state index contributed by atoms with van der Waals surface area (Å²) >= 11 is 0. The Kier molecular flexibility index (Phi) is 10.3. The fourth-order valence-electron chi connectivity index (χ4n) is 6.50. The van der Waals surface area contributed by atoms with Gasteiger partial charge in [-0.25, -0.2) is 4.98 Å². The van der Waals surface area contributed by atoms with Gasteiger partial charge >= 0.3 is 5.69 Å². The second-order valence-electron chi connectivity index (χ2n) is 12.1. The van der Waals surface area contributed by atoms with Crippen molar-refractivity contribution in [1.82, 2.24) is 20.2 Å². The van der Waals surface area contributed by atoms with E-state index in [2.05, 4.69) is 15.3 Å². The highest BCUT2D eigenvalue weighted by molar-refractivity contribution is 6.00. The number of nitrogens with one attached hydrogen (secondary N) is 2. The molecule has 0 saturated heterocycles. The zero-order chi connectivity index (χ0) is 36.7. The molecule has 12 nitrogen and oxygen atoms in total. The molecule has 0 unspecified atom stereocenters. The third-order valence-corrected chi connectivity index (χ3v) is 8.91. The molecule has 1 atom stereocenters. The quantitative estimate of drug-likeness (QED) is 0.0432. The Bertz CT molecular complexity index is 2070. The second kappa shape index (κ2) is 15.3. The van der Waals surface area contributed by atoms with Crippen LogP contribution in [0.15, 0.2) is 140 Å². The lowest BCUT2D eigenvalue weighted by Crippen LogP contribution is -2.61. The summed E-state index contributed by atoms with van der Waals surface area (Å²) in [5.41, 5.74) is 0.806. The second-order valence-corrected chi connectivity index (χ2v) is 12.1. The molecule has 12 heteroatoms. The molecule has 1 aromatic heterocycles. The average molecular weight is 698 g/mol. The Morgan fingerprint density at radius 3 is 1.88 bits per heavy atom. The van der Waals surface area contributed by atoms with Crippen LogP contribution in [0.1, 0.15) is 38.3 Å². The lowest BCUT2D eigenvalue weighted by molar-refractivity contribution is -0.385. The molecule has 52 heavy (non-hydrogen) atoms. The van der Waals surface area contributed by atoms with Crippen molar-refractivity contribution in [3.8, 4) is 17.2 Å². The minimum Gasteiger partial charge on any atom is -0.504 e. The summed E-state index contributed by atoms with van der Waals surface area (Å²) in [5, 5.41) is 45.1. The van der Waals surface area contributed by atoms with Crippen molar-refractivity contribution >= 4 is 17.5 Å². The number of phenols is 3. The largest absolute Gasteiger partial charge is 0.504 e. The van der Waals surface area contributed by atoms with Gasteiger partial charge in [-0.1, -0.05) is 97.1 Å². The number of benzene rings is 5. The van der Waals surface area contributed by atoms with Gasteiger partial charge in [-0.2, -0.15) is 0 Å². The first kappa shape index (κ1) is 34.9. The van der Waals surface area contributed by atoms with Crippen LogP contribution in [0.4, 0.5) is 5.69 Å². The fourth-order valence-corrected chi connectivity index (χ4v) is 6.50. The van der Waals surface area contributed by atoms with Crippen LogP contribution in [0.2, 0.25) is 0 Å². The zero-order valence-corrected chi connectivity index (χ0v) is 27.8. The summed E-state index contributed by atoms with van der Waals surface area (Å²) in [4.78, 5) is 50.0. The van der Waals surface area contributed by atoms with E-state index in [1.54, 1.807) is 12.3 Å². The highest BCUT2D eigenvalue weighted by atomic mass is 16.6. The van der Waals surface area contributed by atoms with E-state index in [0.29, 0.717) is 27.9 Å². The smallest absolute Gasteiger partial charge is 0.311 e. The SMILES string of the molecule is O=C(NCCc1ccc(O)c(O)c1)[C@@H](Cc1cnc[nH]1)N(C(=O)c1ccc(O)c([N+](=O)[O-])c1)C(c1ccccc1)(c1ccccc1)c1ccccc1. The molecule has 5 aromatic carbocycles. The molecular formula is C40H35N5O7. The number of aromatic nitrogens is 2. The van der Waals surface area contributed by atoms with Gasteiger partial charge in [0.25, 0.3) is 5.91 Å². The van der Waals surface area contributed by atoms with Crippen LogP contribution in [-0.4, -0.2) is 59.5 Å². The fraction of sp³-hybridized carbons (Fsp3) is 0.125. The summed E-state index contributed by atoms with van der Waals surface area (Å²) < 4.78 is 0. The number of H-pyrrole nitrogens is 1. The summed E-state index contributed by atoms with van der Waals surface area (Å²) in [5.74, 6) is -2.43. The summed E-state index contributed by atoms with van der Waals surface area (Å²) in [6.07, 6.45) is 3.28. The van der Waals surface area contributed by atoms with E-state index < -0.39 is 39.8 Å². The molecule has 0 saturated carbocycles. The molecule has 1 heterocycles. The molecule has 0 bridgehead atoms. The van der Waals surface area contributed by atoms with Gasteiger partial charge in [-0.3, -0.25) is 19.7 Å². The number of nitrogens with zero attached hydrogens (tertiary/aromatic N) is 3. The Hall–Kier alpha value is -6.95. The summed E-state index contributed by atoms with van der Waals surface area (Å²) in [6.45, 7) is 0.101. The van der Waals surface area contributed by atoms with Crippen LogP contribution in [0.5, 0.6) is 17.2 Å². The molecule has 0 radical (unpaired) electrons. The molecule has 2 amide bonds. The molecule has 5 N–H and O–H groups in total. The van der Waals surface area contributed by atoms with Gasteiger partial charge in [0.15, 0.2) is 17.2 Å². The number of hydrogen-bond donors (Lipinski definition) is 5. The van der Waals surface area contributed by atoms with E-state index in [0.717, 1.165) is 12.1 Å². The van der Waals surface area contributed by atoms with E-state index in [4.69, 9.17) is 0 Å². The average Bonchev–Trinajstić information content (AvgIpc) is 3.69. The predicted molar refractivity (Wildman–Crippen MR) is 193 cm³/mol. The number of aromatic amines is 1. The van der Waals surface area contributed by atoms with Gasteiger partial charge in [0.1, 0.15) is 11.6 Å². The van der Waals surface area contributed by atoms with Crippen molar-refractivity contribution in [3.05, 3.63) is 184 Å². The number of carbonyl (C=O) groups is 2. The topological polar surface area (TPSA) is 182 Å². The van der Waals surface area contributed by atoms with Crippen LogP contribution >= 0.6 is 0 Å². The van der Waals surface area contributed by atoms with Gasteiger partial charge in [0, 0.05) is 36.5 Å². The molecule has 0 spiro atoms. The number of phenolic OH excluding ortho intramolecular Hbond substituents is 3. The maximum Gasteiger partial charge on any atom is 0.311 e. The minimum atomic E-state index is -1.50. The number of rotatable bonds is 13. The highest BCUT2D eigenvalue weighted by Crippen LogP contribution is 2.45. The molecule has 0 aliphatic carbocycles. The Labute approximate surface area is 298 Å². The van der Waals surface area contributed by atoms with E-state index in [1.165, 1.54) is 29.4 Å². The van der Waals surface area contributed by atoms with E-state index in [9.17, 15) is 30.2 Å². The molecule has 0 aliphatic rings. The van der Waals surface area contributed by atoms with Gasteiger partial charge in [-0.05, 0) is 52.9 Å². The lowest BCUT2D eigenvalue weighted by Gasteiger charge is -2.48. The van der Waals surface area contributed by atoms with Crippen LogP contribution in [0.25, 0.3) is 0 Å². The number of carbonyl (C=O) groups excluding carboxylic acids is 2. The summed E-state index contributed by atoms with van der Waals surface area (Å²) in [6, 6.07) is 34.2. The van der Waals surface area contributed by atoms with Crippen molar-refractivity contribution in [2.75, 3.05) is 6.54 Å². The van der Waals surface area contributed by atoms with Gasteiger partial charge < -0.3 is 30.5 Å². The first-order chi connectivity index (χ1) is 25.2. The van der Waals surface area contributed by atoms with Crippen LogP contribution in [0, 0.1) is 10.1 Å². The van der Waals surface area contributed by atoms with E-state index >= 15 is 4.79 Å². The normalized spacial score (nSPS) is 11.8. The highest BCUT2D eigenvalue weighted by Gasteiger charge is 2.50. The monoisotopic (exact) mass is 697 g/mol. The number of imidazole rings is 1. The third-order valence-electron chi connectivity index (χ3n) is 8.91. The minimum absolute atomic E-state index is 0.0357. The standard InChI is InChI=1S/C40H35N5O7/c46-35-19-17-28(23-33(35)45(51)52)39(50)44(34(24-32-25-41-26-43-32)38(49)42-21-20-27-16-18-36(47)37(48)22-27)40(29-10-4-1-5-11-29,30-12-6-2-7-13-30)31-14-8-3-9-15-31/h1-19,22-23,25-26,34,46-48H,20-21,24H2,(H,41,43)(H,42,49)/t34-/m1/s1. The molecule has 0 fully saturated rings. The maximum atomic E-state index is 15.4. The number of aromatic hydroxyl groups is 3. The van der Waals surface area contributed by atoms with Crippen molar-refractivity contribution in [1.29, 1.82) is 0 Å². The van der Waals surface area contributed by atoms with Gasteiger partial charge in [0.05, 0.1) is 11.3 Å². The third kappa shape index (κ3) is 7.03. The maximum absolute atomic E-state index is 15.4. The van der Waals surface area contributed by atoms with Crippen molar-refractivity contribution in [3.63, 3.8) is 0 Å². The Morgan fingerprint density at radius 2 is 1.37 bits per heavy atom. The van der Waals surface area contributed by atoms with Crippen molar-refractivity contribution in [2.24, 2.45) is 0 Å². The van der Waals surface area contributed by atoms with Gasteiger partial charge in [0.2, 0.25) is 5.91 Å². The first-order valence-electron chi connectivity index (χ1n) is 16.4. The van der Waals surface area contributed by atoms with Crippen LogP contribution in [0.3, 0.4) is 0 Å². The Morgan fingerprint density at radius 1 is 0.788 bits per heavy atom. The molecule has 0 aliphatic heterocycles. The molecular weight excluding hydrogens is 662 g/mol. The van der Waals surface area contributed by atoms with E-state index in [-0.39, 0.29) is 36.4 Å². The predicted octanol–water partition coefficient (Wildman–Crippen LogP) is 5.84. The van der Waals surface area contributed by atoms with E-state index in [1.807, 2.05) is 91.0 Å². The van der Waals surface area contributed by atoms with Crippen LogP contribution in [-0.2, 0) is 23.2 Å². The zero-order valence-electron chi connectivity index (χ0n) is 27.8. The number of amides is 2. The number of nitro groups is 1. The van der Waals surface area contributed by atoms with Crippen molar-refractivity contribution in [2.45, 2.75) is 24.4 Å². The first-order valence-corrected chi connectivity index (χ1v) is 16.4. The van der Waals surface area contributed by atoms with Crippen molar-refractivity contribution < 1.29 is 29.8 Å². The molecule has 262 valence electrons. The molecule has 6 rings (SSSR count).